The van der Waals surface area contributed by atoms with E-state index in [0.29, 0.717) is 34.1 Å². The molecule has 0 unspecified atom stereocenters. The van der Waals surface area contributed by atoms with Crippen LogP contribution in [0.15, 0.2) is 58.9 Å². The van der Waals surface area contributed by atoms with Crippen LogP contribution in [-0.2, 0) is 0 Å². The standard InChI is InChI=1S/C23H18O7/c1-13-19(30-23(25)14-9-16(26-2)11-17(10-14)27-3)7-6-18-21(24)20(29-22(13)18)12-15-5-4-8-28-15/h4-12H,1-3H3/b20-12-. The quantitative estimate of drug-likeness (QED) is 0.352. The van der Waals surface area contributed by atoms with Gasteiger partial charge in [-0.2, -0.15) is 0 Å². The minimum absolute atomic E-state index is 0.143. The van der Waals surface area contributed by atoms with Crippen LogP contribution in [0.1, 0.15) is 32.0 Å². The highest BCUT2D eigenvalue weighted by Gasteiger charge is 2.31. The topological polar surface area (TPSA) is 84.2 Å². The monoisotopic (exact) mass is 406 g/mol. The van der Waals surface area contributed by atoms with Gasteiger partial charge in [0.2, 0.25) is 5.78 Å². The molecule has 0 amide bonds. The highest BCUT2D eigenvalue weighted by molar-refractivity contribution is 6.14. The van der Waals surface area contributed by atoms with Crippen LogP contribution in [-0.4, -0.2) is 26.0 Å². The first-order chi connectivity index (χ1) is 14.5. The number of Topliss-reactive ketones (excluding diaryl/α,β-unsaturated/α-hetero) is 1. The van der Waals surface area contributed by atoms with Gasteiger partial charge < -0.3 is 23.4 Å². The van der Waals surface area contributed by atoms with Crippen LogP contribution in [0, 0.1) is 6.92 Å². The Balaban J connectivity index is 1.61. The Morgan fingerprint density at radius 2 is 1.77 bits per heavy atom. The van der Waals surface area contributed by atoms with E-state index in [1.165, 1.54) is 26.6 Å². The Hall–Kier alpha value is -4.00. The number of hydrogen-bond donors (Lipinski definition) is 0. The molecular weight excluding hydrogens is 388 g/mol. The van der Waals surface area contributed by atoms with Crippen LogP contribution in [0.25, 0.3) is 6.08 Å². The van der Waals surface area contributed by atoms with Gasteiger partial charge in [-0.1, -0.05) is 0 Å². The molecule has 0 bridgehead atoms. The van der Waals surface area contributed by atoms with Gasteiger partial charge in [-0.3, -0.25) is 4.79 Å². The van der Waals surface area contributed by atoms with Crippen molar-refractivity contribution in [2.24, 2.45) is 0 Å². The highest BCUT2D eigenvalue weighted by Crippen LogP contribution is 2.39. The van der Waals surface area contributed by atoms with Gasteiger partial charge in [0, 0.05) is 17.7 Å². The molecule has 0 saturated carbocycles. The third-order valence-electron chi connectivity index (χ3n) is 4.64. The maximum atomic E-state index is 12.7. The summed E-state index contributed by atoms with van der Waals surface area (Å²) < 4.78 is 26.9. The van der Waals surface area contributed by atoms with Gasteiger partial charge in [0.25, 0.3) is 0 Å². The number of esters is 1. The van der Waals surface area contributed by atoms with Crippen molar-refractivity contribution >= 4 is 17.8 Å². The number of carbonyl (C=O) groups excluding carboxylic acids is 2. The number of methoxy groups -OCH3 is 2. The molecular formula is C23H18O7. The van der Waals surface area contributed by atoms with Crippen LogP contribution in [0.3, 0.4) is 0 Å². The number of ether oxygens (including phenoxy) is 4. The van der Waals surface area contributed by atoms with E-state index in [0.717, 1.165) is 0 Å². The molecule has 0 aliphatic carbocycles. The van der Waals surface area contributed by atoms with E-state index in [1.807, 2.05) is 0 Å². The van der Waals surface area contributed by atoms with Gasteiger partial charge in [-0.25, -0.2) is 4.79 Å². The molecule has 0 saturated heterocycles. The second-order valence-corrected chi connectivity index (χ2v) is 6.51. The first-order valence-corrected chi connectivity index (χ1v) is 9.06. The van der Waals surface area contributed by atoms with Crippen LogP contribution in [0.2, 0.25) is 0 Å². The fourth-order valence-corrected chi connectivity index (χ4v) is 3.07. The first kappa shape index (κ1) is 19.3. The fraction of sp³-hybridized carbons (Fsp3) is 0.130. The normalized spacial score (nSPS) is 13.7. The summed E-state index contributed by atoms with van der Waals surface area (Å²) in [5, 5.41) is 0. The molecule has 0 fully saturated rings. The molecule has 2 heterocycles. The number of furan rings is 1. The molecule has 7 nitrogen and oxygen atoms in total. The van der Waals surface area contributed by atoms with E-state index in [4.69, 9.17) is 23.4 Å². The second kappa shape index (κ2) is 7.79. The summed E-state index contributed by atoms with van der Waals surface area (Å²) in [6.45, 7) is 1.72. The number of hydrogen-bond acceptors (Lipinski definition) is 7. The SMILES string of the molecule is COc1cc(OC)cc(C(=O)Oc2ccc3c(c2C)O/C(=C\c2ccco2)C3=O)c1. The Morgan fingerprint density at radius 1 is 1.03 bits per heavy atom. The number of fused-ring (bicyclic) bond motifs is 1. The van der Waals surface area contributed by atoms with Crippen molar-refractivity contribution in [1.82, 2.24) is 0 Å². The number of rotatable bonds is 5. The average Bonchev–Trinajstić information content (AvgIpc) is 3.38. The Bertz CT molecular complexity index is 1130. The van der Waals surface area contributed by atoms with Crippen molar-refractivity contribution in [3.05, 3.63) is 76.9 Å². The van der Waals surface area contributed by atoms with Crippen molar-refractivity contribution in [1.29, 1.82) is 0 Å². The molecule has 30 heavy (non-hydrogen) atoms. The molecule has 3 aromatic rings. The van der Waals surface area contributed by atoms with Gasteiger partial charge in [-0.05, 0) is 43.3 Å². The zero-order valence-electron chi connectivity index (χ0n) is 16.6. The lowest BCUT2D eigenvalue weighted by Crippen LogP contribution is -2.10. The zero-order valence-corrected chi connectivity index (χ0v) is 16.6. The maximum absolute atomic E-state index is 12.7. The van der Waals surface area contributed by atoms with E-state index in [9.17, 15) is 9.59 Å². The highest BCUT2D eigenvalue weighted by atomic mass is 16.5. The second-order valence-electron chi connectivity index (χ2n) is 6.51. The van der Waals surface area contributed by atoms with Crippen molar-refractivity contribution in [2.45, 2.75) is 6.92 Å². The van der Waals surface area contributed by atoms with Crippen molar-refractivity contribution in [3.63, 3.8) is 0 Å². The van der Waals surface area contributed by atoms with Gasteiger partial charge >= 0.3 is 5.97 Å². The third-order valence-corrected chi connectivity index (χ3v) is 4.64. The van der Waals surface area contributed by atoms with E-state index in [-0.39, 0.29) is 22.9 Å². The van der Waals surface area contributed by atoms with Crippen molar-refractivity contribution in [2.75, 3.05) is 14.2 Å². The van der Waals surface area contributed by atoms with Gasteiger partial charge in [0.1, 0.15) is 28.8 Å². The summed E-state index contributed by atoms with van der Waals surface area (Å²) in [7, 11) is 2.99. The van der Waals surface area contributed by atoms with E-state index < -0.39 is 5.97 Å². The summed E-state index contributed by atoms with van der Waals surface area (Å²) in [5.74, 6) is 1.36. The van der Waals surface area contributed by atoms with E-state index >= 15 is 0 Å². The molecule has 2 aromatic carbocycles. The number of allylic oxidation sites excluding steroid dienone is 1. The first-order valence-electron chi connectivity index (χ1n) is 9.06. The summed E-state index contributed by atoms with van der Waals surface area (Å²) in [4.78, 5) is 25.3. The lowest BCUT2D eigenvalue weighted by atomic mass is 10.1. The molecule has 7 heteroatoms. The molecule has 0 N–H and O–H groups in total. The number of carbonyl (C=O) groups is 2. The van der Waals surface area contributed by atoms with Crippen LogP contribution >= 0.6 is 0 Å². The molecule has 0 atom stereocenters. The lowest BCUT2D eigenvalue weighted by Gasteiger charge is -2.11. The molecule has 152 valence electrons. The summed E-state index contributed by atoms with van der Waals surface area (Å²) in [6, 6.07) is 11.3. The molecule has 1 aliphatic heterocycles. The Morgan fingerprint density at radius 3 is 2.40 bits per heavy atom. The van der Waals surface area contributed by atoms with Gasteiger partial charge in [0.05, 0.1) is 31.6 Å². The maximum Gasteiger partial charge on any atom is 0.343 e. The molecule has 0 spiro atoms. The predicted molar refractivity (Wildman–Crippen MR) is 107 cm³/mol. The van der Waals surface area contributed by atoms with Crippen LogP contribution in [0.5, 0.6) is 23.0 Å². The fourth-order valence-electron chi connectivity index (χ4n) is 3.07. The third kappa shape index (κ3) is 3.53. The zero-order chi connectivity index (χ0) is 21.3. The largest absolute Gasteiger partial charge is 0.497 e. The summed E-state index contributed by atoms with van der Waals surface area (Å²) in [6.07, 6.45) is 3.03. The molecule has 1 aliphatic rings. The lowest BCUT2D eigenvalue weighted by molar-refractivity contribution is 0.0732. The van der Waals surface area contributed by atoms with Crippen LogP contribution in [0.4, 0.5) is 0 Å². The molecule has 1 aromatic heterocycles. The minimum Gasteiger partial charge on any atom is -0.497 e. The minimum atomic E-state index is -0.592. The van der Waals surface area contributed by atoms with Crippen molar-refractivity contribution in [3.8, 4) is 23.0 Å². The molecule has 4 rings (SSSR count). The van der Waals surface area contributed by atoms with E-state index in [2.05, 4.69) is 0 Å². The Kier molecular flexibility index (Phi) is 5.02. The number of ketones is 1. The summed E-state index contributed by atoms with van der Waals surface area (Å²) >= 11 is 0. The smallest absolute Gasteiger partial charge is 0.343 e. The Labute approximate surface area is 172 Å². The molecule has 0 radical (unpaired) electrons. The van der Waals surface area contributed by atoms with E-state index in [1.54, 1.807) is 49.4 Å². The average molecular weight is 406 g/mol. The van der Waals surface area contributed by atoms with Gasteiger partial charge in [0.15, 0.2) is 5.76 Å². The summed E-state index contributed by atoms with van der Waals surface area (Å²) in [5.41, 5.74) is 1.20. The van der Waals surface area contributed by atoms with Gasteiger partial charge in [-0.15, -0.1) is 0 Å². The van der Waals surface area contributed by atoms with Crippen molar-refractivity contribution < 1.29 is 33.0 Å². The van der Waals surface area contributed by atoms with Crippen LogP contribution < -0.4 is 18.9 Å². The number of benzene rings is 2. The predicted octanol–water partition coefficient (Wildman–Crippen LogP) is 4.44.